The Balaban J connectivity index is 2.33. The van der Waals surface area contributed by atoms with Crippen molar-refractivity contribution in [3.8, 4) is 0 Å². The van der Waals surface area contributed by atoms with Gasteiger partial charge in [-0.3, -0.25) is 19.9 Å². The Morgan fingerprint density at radius 1 is 1.54 bits per heavy atom. The number of nitrogens with one attached hydrogen (secondary N) is 2. The molecule has 0 aromatic rings. The molecule has 72 valence electrons. The molecule has 2 saturated heterocycles. The van der Waals surface area contributed by atoms with Crippen molar-refractivity contribution in [1.29, 1.82) is 0 Å². The second-order valence-corrected chi connectivity index (χ2v) is 2.88. The predicted molar refractivity (Wildman–Crippen MR) is 44.6 cm³/mol. The van der Waals surface area contributed by atoms with Crippen LogP contribution < -0.4 is 10.6 Å². The van der Waals surface area contributed by atoms with Gasteiger partial charge in [0.15, 0.2) is 0 Å². The van der Waals surface area contributed by atoms with Crippen LogP contribution in [0.25, 0.3) is 0 Å². The number of amides is 3. The topological polar surface area (TPSA) is 64.7 Å². The van der Waals surface area contributed by atoms with Crippen LogP contribution in [0.3, 0.4) is 0 Å². The molecule has 2 unspecified atom stereocenters. The highest BCUT2D eigenvalue weighted by atomic mass is 16.2. The summed E-state index contributed by atoms with van der Waals surface area (Å²) in [6.45, 7) is -5.66. The third kappa shape index (κ3) is 1.10. The molecule has 2 heterocycles. The van der Waals surface area contributed by atoms with Crippen molar-refractivity contribution in [2.75, 3.05) is 20.6 Å². The van der Waals surface area contributed by atoms with Crippen LogP contribution in [-0.2, 0) is 4.79 Å². The van der Waals surface area contributed by atoms with Crippen molar-refractivity contribution in [3.05, 3.63) is 0 Å². The Morgan fingerprint density at radius 2 is 2.38 bits per heavy atom. The van der Waals surface area contributed by atoms with Gasteiger partial charge in [0.25, 0.3) is 5.91 Å². The maximum atomic E-state index is 12.1. The van der Waals surface area contributed by atoms with Gasteiger partial charge in [-0.1, -0.05) is 0 Å². The number of imide groups is 1. The maximum absolute atomic E-state index is 12.1. The van der Waals surface area contributed by atoms with Gasteiger partial charge in [0, 0.05) is 15.2 Å². The molecule has 6 heteroatoms. The lowest BCUT2D eigenvalue weighted by Gasteiger charge is -2.33. The standard InChI is InChI=1S/C7H12N4O2/c1-10-3-8-5-4(10)6(12)11(2)7(13)9-5/h4-5,8H,3H2,1-2H3,(H,9,13)/i1D3,2D3. The van der Waals surface area contributed by atoms with Gasteiger partial charge in [-0.05, 0) is 6.98 Å². The van der Waals surface area contributed by atoms with E-state index < -0.39 is 38.1 Å². The summed E-state index contributed by atoms with van der Waals surface area (Å²) >= 11 is 0. The SMILES string of the molecule is [2H]C([2H])([2H])N1C(=O)NC2NCN(C([2H])([2H])[2H])C2C1=O. The predicted octanol–water partition coefficient (Wildman–Crippen LogP) is -1.64. The van der Waals surface area contributed by atoms with Crippen LogP contribution in [-0.4, -0.2) is 54.6 Å². The van der Waals surface area contributed by atoms with Crippen molar-refractivity contribution in [2.24, 2.45) is 0 Å². The molecular formula is C7H12N4O2. The molecule has 13 heavy (non-hydrogen) atoms. The van der Waals surface area contributed by atoms with E-state index in [2.05, 4.69) is 10.6 Å². The van der Waals surface area contributed by atoms with E-state index in [-0.39, 0.29) is 11.6 Å². The van der Waals surface area contributed by atoms with Crippen LogP contribution in [0, 0.1) is 0 Å². The van der Waals surface area contributed by atoms with Crippen molar-refractivity contribution < 1.29 is 17.8 Å². The summed E-state index contributed by atoms with van der Waals surface area (Å²) in [6.07, 6.45) is -0.904. The quantitative estimate of drug-likeness (QED) is 0.480. The van der Waals surface area contributed by atoms with Crippen molar-refractivity contribution in [1.82, 2.24) is 20.4 Å². The molecule has 0 aliphatic carbocycles. The van der Waals surface area contributed by atoms with E-state index in [0.29, 0.717) is 0 Å². The summed E-state index contributed by atoms with van der Waals surface area (Å²) in [5, 5.41) is 4.92. The zero-order chi connectivity index (χ0) is 14.6. The second-order valence-electron chi connectivity index (χ2n) is 2.88. The number of hydrogen-bond acceptors (Lipinski definition) is 4. The Kier molecular flexibility index (Phi) is 0.810. The van der Waals surface area contributed by atoms with Gasteiger partial charge < -0.3 is 5.32 Å². The highest BCUT2D eigenvalue weighted by Crippen LogP contribution is 2.14. The average molecular weight is 190 g/mol. The third-order valence-electron chi connectivity index (χ3n) is 2.09. The normalized spacial score (nSPS) is 43.5. The molecule has 2 fully saturated rings. The Labute approximate surface area is 84.3 Å². The molecule has 6 nitrogen and oxygen atoms in total. The zero-order valence-corrected chi connectivity index (χ0v) is 6.57. The number of hydrogen-bond donors (Lipinski definition) is 2. The van der Waals surface area contributed by atoms with E-state index in [1.807, 2.05) is 0 Å². The van der Waals surface area contributed by atoms with Crippen LogP contribution >= 0.6 is 0 Å². The minimum atomic E-state index is -2.95. The Bertz CT molecular complexity index is 421. The number of carbonyl (C=O) groups excluding carboxylic acids is 2. The van der Waals surface area contributed by atoms with E-state index in [1.165, 1.54) is 0 Å². The van der Waals surface area contributed by atoms with Crippen molar-refractivity contribution in [3.63, 3.8) is 0 Å². The largest absolute Gasteiger partial charge is 0.325 e. The zero-order valence-electron chi connectivity index (χ0n) is 12.6. The summed E-state index contributed by atoms with van der Waals surface area (Å²) in [6, 6.07) is -2.32. The molecular weight excluding hydrogens is 172 g/mol. The van der Waals surface area contributed by atoms with Gasteiger partial charge in [-0.25, -0.2) is 4.79 Å². The molecule has 0 aromatic heterocycles. The van der Waals surface area contributed by atoms with Crippen LogP contribution in [0.1, 0.15) is 8.22 Å². The van der Waals surface area contributed by atoms with E-state index in [0.717, 1.165) is 4.90 Å². The van der Waals surface area contributed by atoms with E-state index >= 15 is 0 Å². The molecule has 2 rings (SSSR count). The van der Waals surface area contributed by atoms with Gasteiger partial charge in [0.2, 0.25) is 0 Å². The van der Waals surface area contributed by atoms with Gasteiger partial charge >= 0.3 is 6.03 Å². The Morgan fingerprint density at radius 3 is 3.08 bits per heavy atom. The molecule has 2 atom stereocenters. The third-order valence-corrected chi connectivity index (χ3v) is 2.09. The van der Waals surface area contributed by atoms with Crippen molar-refractivity contribution >= 4 is 11.9 Å². The number of nitrogens with zero attached hydrogens (tertiary/aromatic N) is 2. The number of carbonyl (C=O) groups is 2. The Hall–Kier alpha value is -1.14. The maximum Gasteiger partial charge on any atom is 0.325 e. The molecule has 3 amide bonds. The van der Waals surface area contributed by atoms with Gasteiger partial charge in [0.05, 0.1) is 6.67 Å². The minimum absolute atomic E-state index is 0.0832. The smallest absolute Gasteiger partial charge is 0.320 e. The van der Waals surface area contributed by atoms with Crippen LogP contribution in [0.15, 0.2) is 0 Å². The fraction of sp³-hybridized carbons (Fsp3) is 0.714. The highest BCUT2D eigenvalue weighted by Gasteiger charge is 2.44. The lowest BCUT2D eigenvalue weighted by atomic mass is 10.1. The lowest BCUT2D eigenvalue weighted by molar-refractivity contribution is -0.133. The van der Waals surface area contributed by atoms with Gasteiger partial charge in [-0.15, -0.1) is 0 Å². The molecule has 2 aliphatic heterocycles. The molecule has 0 bridgehead atoms. The molecule has 0 spiro atoms. The molecule has 0 radical (unpaired) electrons. The van der Waals surface area contributed by atoms with Crippen LogP contribution in [0.4, 0.5) is 4.79 Å². The summed E-state index contributed by atoms with van der Waals surface area (Å²) in [7, 11) is 0. The second kappa shape index (κ2) is 2.68. The van der Waals surface area contributed by atoms with E-state index in [4.69, 9.17) is 8.22 Å². The lowest BCUT2D eigenvalue weighted by Crippen LogP contribution is -2.64. The summed E-state index contributed by atoms with van der Waals surface area (Å²) in [4.78, 5) is 24.6. The average Bonchev–Trinajstić information content (AvgIpc) is 2.57. The molecule has 2 N–H and O–H groups in total. The summed E-state index contributed by atoms with van der Waals surface area (Å²) < 4.78 is 43.4. The molecule has 0 aromatic carbocycles. The van der Waals surface area contributed by atoms with E-state index in [9.17, 15) is 9.59 Å². The first-order valence-electron chi connectivity index (χ1n) is 6.68. The first-order valence-corrected chi connectivity index (χ1v) is 3.68. The highest BCUT2D eigenvalue weighted by molar-refractivity contribution is 6.00. The van der Waals surface area contributed by atoms with Crippen LogP contribution in [0.5, 0.6) is 0 Å². The summed E-state index contributed by atoms with van der Waals surface area (Å²) in [5.74, 6) is -1.05. The number of rotatable bonds is 0. The first kappa shape index (κ1) is 3.93. The molecule has 2 aliphatic rings. The minimum Gasteiger partial charge on any atom is -0.320 e. The van der Waals surface area contributed by atoms with Crippen molar-refractivity contribution in [2.45, 2.75) is 12.2 Å². The fourth-order valence-corrected chi connectivity index (χ4v) is 1.42. The first-order chi connectivity index (χ1) is 8.53. The van der Waals surface area contributed by atoms with Gasteiger partial charge in [-0.2, -0.15) is 0 Å². The number of urea groups is 1. The monoisotopic (exact) mass is 190 g/mol. The molecule has 0 saturated carbocycles. The van der Waals surface area contributed by atoms with Gasteiger partial charge in [0.1, 0.15) is 12.2 Å². The number of likely N-dealkylation sites (N-methyl/N-ethyl adjacent to an activating group) is 2. The summed E-state index contributed by atoms with van der Waals surface area (Å²) in [5.41, 5.74) is 0. The van der Waals surface area contributed by atoms with E-state index in [1.54, 1.807) is 0 Å². The van der Waals surface area contributed by atoms with Crippen LogP contribution in [0.2, 0.25) is 0 Å². The fourth-order valence-electron chi connectivity index (χ4n) is 1.42. The number of fused-ring (bicyclic) bond motifs is 1.